The third-order valence-electron chi connectivity index (χ3n) is 2.92. The minimum Gasteiger partial charge on any atom is -0.486 e. The zero-order chi connectivity index (χ0) is 13.5. The minimum absolute atomic E-state index is 0.499. The molecule has 1 N–H and O–H groups in total. The molecule has 0 saturated heterocycles. The van der Waals surface area contributed by atoms with E-state index in [1.165, 1.54) is 0 Å². The summed E-state index contributed by atoms with van der Waals surface area (Å²) in [6.07, 6.45) is -0.0121. The third kappa shape index (κ3) is 4.09. The van der Waals surface area contributed by atoms with Crippen molar-refractivity contribution in [3.63, 3.8) is 0 Å². The first-order valence-corrected chi connectivity index (χ1v) is 6.45. The molecule has 1 aliphatic heterocycles. The Hall–Kier alpha value is -1.30. The molecule has 0 aromatic heterocycles. The maximum Gasteiger partial charge on any atom is 0.161 e. The number of rotatable bonds is 7. The van der Waals surface area contributed by atoms with Crippen molar-refractivity contribution in [3.8, 4) is 11.5 Å². The lowest BCUT2D eigenvalue weighted by Crippen LogP contribution is -2.15. The molecule has 0 radical (unpaired) electrons. The van der Waals surface area contributed by atoms with Crippen LogP contribution in [-0.4, -0.2) is 45.3 Å². The Balaban J connectivity index is 1.83. The molecule has 1 atom stereocenters. The number of aliphatic hydroxyl groups excluding tert-OH is 1. The van der Waals surface area contributed by atoms with Gasteiger partial charge in [0.1, 0.15) is 13.2 Å². The molecule has 19 heavy (non-hydrogen) atoms. The molecule has 0 bridgehead atoms. The average Bonchev–Trinajstić information content (AvgIpc) is 2.46. The second-order valence-electron chi connectivity index (χ2n) is 4.31. The Morgan fingerprint density at radius 2 is 1.95 bits per heavy atom. The maximum atomic E-state index is 10.1. The van der Waals surface area contributed by atoms with E-state index in [1.54, 1.807) is 7.11 Å². The lowest BCUT2D eigenvalue weighted by atomic mass is 10.1. The molecule has 0 amide bonds. The van der Waals surface area contributed by atoms with E-state index in [-0.39, 0.29) is 0 Å². The predicted molar refractivity (Wildman–Crippen MR) is 69.7 cm³/mol. The smallest absolute Gasteiger partial charge is 0.161 e. The number of methoxy groups -OCH3 is 1. The Morgan fingerprint density at radius 3 is 2.74 bits per heavy atom. The van der Waals surface area contributed by atoms with Gasteiger partial charge in [0, 0.05) is 20.1 Å². The summed E-state index contributed by atoms with van der Waals surface area (Å²) in [5.74, 6) is 1.43. The van der Waals surface area contributed by atoms with E-state index in [1.807, 2.05) is 18.2 Å². The molecular weight excluding hydrogens is 248 g/mol. The van der Waals surface area contributed by atoms with Gasteiger partial charge in [-0.1, -0.05) is 6.07 Å². The van der Waals surface area contributed by atoms with Crippen molar-refractivity contribution in [1.29, 1.82) is 0 Å². The molecule has 0 saturated carbocycles. The zero-order valence-corrected chi connectivity index (χ0v) is 11.1. The van der Waals surface area contributed by atoms with Gasteiger partial charge in [0.15, 0.2) is 11.5 Å². The Kier molecular flexibility index (Phi) is 5.44. The van der Waals surface area contributed by atoms with E-state index in [2.05, 4.69) is 0 Å². The highest BCUT2D eigenvalue weighted by Gasteiger charge is 2.15. The topological polar surface area (TPSA) is 57.2 Å². The normalized spacial score (nSPS) is 15.3. The van der Waals surface area contributed by atoms with Crippen molar-refractivity contribution in [2.45, 2.75) is 12.5 Å². The molecule has 5 nitrogen and oxygen atoms in total. The van der Waals surface area contributed by atoms with Gasteiger partial charge in [-0.3, -0.25) is 0 Å². The first-order valence-electron chi connectivity index (χ1n) is 6.45. The van der Waals surface area contributed by atoms with E-state index < -0.39 is 6.10 Å². The van der Waals surface area contributed by atoms with Gasteiger partial charge in [-0.2, -0.15) is 0 Å². The number of hydrogen-bond donors (Lipinski definition) is 1. The Labute approximate surface area is 113 Å². The summed E-state index contributed by atoms with van der Waals surface area (Å²) >= 11 is 0. The standard InChI is InChI=1S/C14H20O5/c1-16-6-7-17-5-4-12(15)11-2-3-13-14(10-11)19-9-8-18-13/h2-3,10,12,15H,4-9H2,1H3. The van der Waals surface area contributed by atoms with Crippen molar-refractivity contribution in [2.24, 2.45) is 0 Å². The van der Waals surface area contributed by atoms with Gasteiger partial charge in [0.25, 0.3) is 0 Å². The SMILES string of the molecule is COCCOCCC(O)c1ccc2c(c1)OCCO2. The number of aliphatic hydroxyl groups is 1. The molecule has 0 spiro atoms. The van der Waals surface area contributed by atoms with Crippen molar-refractivity contribution in [1.82, 2.24) is 0 Å². The largest absolute Gasteiger partial charge is 0.486 e. The van der Waals surface area contributed by atoms with E-state index in [4.69, 9.17) is 18.9 Å². The van der Waals surface area contributed by atoms with Crippen LogP contribution in [0.5, 0.6) is 11.5 Å². The molecule has 0 fully saturated rings. The van der Waals surface area contributed by atoms with Crippen LogP contribution in [-0.2, 0) is 9.47 Å². The summed E-state index contributed by atoms with van der Waals surface area (Å²) in [5.41, 5.74) is 0.819. The Morgan fingerprint density at radius 1 is 1.16 bits per heavy atom. The Bertz CT molecular complexity index is 393. The van der Waals surface area contributed by atoms with Crippen molar-refractivity contribution in [2.75, 3.05) is 40.1 Å². The number of ether oxygens (including phenoxy) is 4. The van der Waals surface area contributed by atoms with Crippen LogP contribution in [0.15, 0.2) is 18.2 Å². The molecule has 1 heterocycles. The number of hydrogen-bond acceptors (Lipinski definition) is 5. The highest BCUT2D eigenvalue weighted by molar-refractivity contribution is 5.44. The molecule has 2 rings (SSSR count). The number of benzene rings is 1. The van der Waals surface area contributed by atoms with Crippen LogP contribution in [0.2, 0.25) is 0 Å². The lowest BCUT2D eigenvalue weighted by molar-refractivity contribution is 0.0474. The maximum absolute atomic E-state index is 10.1. The van der Waals surface area contributed by atoms with Crippen molar-refractivity contribution in [3.05, 3.63) is 23.8 Å². The van der Waals surface area contributed by atoms with Gasteiger partial charge in [-0.25, -0.2) is 0 Å². The van der Waals surface area contributed by atoms with E-state index in [0.717, 1.165) is 11.3 Å². The second kappa shape index (κ2) is 7.33. The van der Waals surface area contributed by atoms with Crippen molar-refractivity contribution >= 4 is 0 Å². The van der Waals surface area contributed by atoms with Crippen LogP contribution >= 0.6 is 0 Å². The summed E-state index contributed by atoms with van der Waals surface area (Å²) in [5, 5.41) is 10.1. The minimum atomic E-state index is -0.557. The molecular formula is C14H20O5. The van der Waals surface area contributed by atoms with Gasteiger partial charge in [-0.05, 0) is 17.7 Å². The van der Waals surface area contributed by atoms with E-state index in [0.29, 0.717) is 45.2 Å². The van der Waals surface area contributed by atoms with Gasteiger partial charge in [-0.15, -0.1) is 0 Å². The summed E-state index contributed by atoms with van der Waals surface area (Å²) < 4.78 is 21.1. The fourth-order valence-electron chi connectivity index (χ4n) is 1.87. The molecule has 1 aromatic rings. The fourth-order valence-corrected chi connectivity index (χ4v) is 1.87. The fraction of sp³-hybridized carbons (Fsp3) is 0.571. The molecule has 5 heteroatoms. The first kappa shape index (κ1) is 14.1. The average molecular weight is 268 g/mol. The predicted octanol–water partition coefficient (Wildman–Crippen LogP) is 1.54. The van der Waals surface area contributed by atoms with E-state index >= 15 is 0 Å². The highest BCUT2D eigenvalue weighted by atomic mass is 16.6. The third-order valence-corrected chi connectivity index (χ3v) is 2.92. The summed E-state index contributed by atoms with van der Waals surface area (Å²) in [7, 11) is 1.63. The van der Waals surface area contributed by atoms with Crippen LogP contribution in [0.25, 0.3) is 0 Å². The lowest BCUT2D eigenvalue weighted by Gasteiger charge is -2.20. The van der Waals surface area contributed by atoms with Gasteiger partial charge >= 0.3 is 0 Å². The first-order chi connectivity index (χ1) is 9.31. The quantitative estimate of drug-likeness (QED) is 0.760. The second-order valence-corrected chi connectivity index (χ2v) is 4.31. The van der Waals surface area contributed by atoms with Crippen LogP contribution in [0.3, 0.4) is 0 Å². The van der Waals surface area contributed by atoms with Gasteiger partial charge < -0.3 is 24.1 Å². The van der Waals surface area contributed by atoms with Crippen molar-refractivity contribution < 1.29 is 24.1 Å². The highest BCUT2D eigenvalue weighted by Crippen LogP contribution is 2.33. The van der Waals surface area contributed by atoms with Gasteiger partial charge in [0.05, 0.1) is 19.3 Å². The van der Waals surface area contributed by atoms with Crippen LogP contribution in [0.4, 0.5) is 0 Å². The zero-order valence-electron chi connectivity index (χ0n) is 11.1. The van der Waals surface area contributed by atoms with Gasteiger partial charge in [0.2, 0.25) is 0 Å². The van der Waals surface area contributed by atoms with E-state index in [9.17, 15) is 5.11 Å². The molecule has 1 aliphatic rings. The summed E-state index contributed by atoms with van der Waals surface area (Å²) in [6, 6.07) is 5.51. The number of fused-ring (bicyclic) bond motifs is 1. The molecule has 1 unspecified atom stereocenters. The monoisotopic (exact) mass is 268 g/mol. The summed E-state index contributed by atoms with van der Waals surface area (Å²) in [4.78, 5) is 0. The molecule has 106 valence electrons. The summed E-state index contributed by atoms with van der Waals surface area (Å²) in [6.45, 7) is 2.73. The molecule has 0 aliphatic carbocycles. The molecule has 1 aromatic carbocycles. The van der Waals surface area contributed by atoms with Crippen LogP contribution in [0.1, 0.15) is 18.1 Å². The van der Waals surface area contributed by atoms with Crippen LogP contribution < -0.4 is 9.47 Å². The van der Waals surface area contributed by atoms with Crippen LogP contribution in [0, 0.1) is 0 Å².